The second-order valence-electron chi connectivity index (χ2n) is 7.31. The third-order valence-electron chi connectivity index (χ3n) is 5.01. The van der Waals surface area contributed by atoms with Crippen molar-refractivity contribution in [3.8, 4) is 0 Å². The molecule has 4 heterocycles. The highest BCUT2D eigenvalue weighted by Crippen LogP contribution is 2.30. The summed E-state index contributed by atoms with van der Waals surface area (Å²) in [6, 6.07) is 6.91. The number of hydrogen-bond acceptors (Lipinski definition) is 4. The minimum Gasteiger partial charge on any atom is -0.334 e. The van der Waals surface area contributed by atoms with E-state index in [2.05, 4.69) is 14.9 Å². The van der Waals surface area contributed by atoms with E-state index in [1.165, 1.54) is 10.5 Å². The van der Waals surface area contributed by atoms with Crippen LogP contribution in [0.5, 0.6) is 0 Å². The molecule has 0 N–H and O–H groups in total. The fraction of sp³-hybridized carbons (Fsp3) is 0.421. The summed E-state index contributed by atoms with van der Waals surface area (Å²) in [5, 5.41) is 0. The van der Waals surface area contributed by atoms with Crippen molar-refractivity contribution in [1.29, 1.82) is 0 Å². The second-order valence-corrected chi connectivity index (χ2v) is 7.31. The number of aryl methyl sites for hydroxylation is 1. The summed E-state index contributed by atoms with van der Waals surface area (Å²) >= 11 is 0. The molecule has 0 saturated heterocycles. The van der Waals surface area contributed by atoms with Gasteiger partial charge in [-0.25, -0.2) is 9.97 Å². The Morgan fingerprint density at radius 1 is 1.29 bits per heavy atom. The van der Waals surface area contributed by atoms with Gasteiger partial charge in [0, 0.05) is 44.5 Å². The summed E-state index contributed by atoms with van der Waals surface area (Å²) < 4.78 is 41.7. The predicted octanol–water partition coefficient (Wildman–Crippen LogP) is 2.60. The maximum absolute atomic E-state index is 12.8. The van der Waals surface area contributed by atoms with Crippen LogP contribution in [0.4, 0.5) is 13.2 Å². The van der Waals surface area contributed by atoms with Gasteiger partial charge in [-0.15, -0.1) is 0 Å². The zero-order valence-electron chi connectivity index (χ0n) is 15.4. The molecule has 4 rings (SSSR count). The lowest BCUT2D eigenvalue weighted by molar-refractivity contribution is -0.141. The van der Waals surface area contributed by atoms with E-state index in [0.29, 0.717) is 43.2 Å². The molecule has 0 aromatic carbocycles. The standard InChI is InChI=1S/C19H20F3N5O/c1-25(11-14-8-18(28)27-7-3-2-4-17(27)23-14)9-13-5-6-16-24-15(19(20,21)22)12-26(16)10-13/h2-4,7-8,12-13H,5-6,9-11H2,1H3/t13-/m1/s1. The van der Waals surface area contributed by atoms with Crippen LogP contribution < -0.4 is 5.56 Å². The van der Waals surface area contributed by atoms with Gasteiger partial charge in [0.1, 0.15) is 11.5 Å². The smallest absolute Gasteiger partial charge is 0.334 e. The third-order valence-corrected chi connectivity index (χ3v) is 5.01. The van der Waals surface area contributed by atoms with E-state index in [9.17, 15) is 18.0 Å². The van der Waals surface area contributed by atoms with Crippen molar-refractivity contribution in [3.05, 3.63) is 64.2 Å². The lowest BCUT2D eigenvalue weighted by Gasteiger charge is -2.28. The van der Waals surface area contributed by atoms with Gasteiger partial charge in [-0.1, -0.05) is 6.07 Å². The molecular formula is C19H20F3N5O. The van der Waals surface area contributed by atoms with E-state index in [1.807, 2.05) is 13.1 Å². The maximum Gasteiger partial charge on any atom is 0.434 e. The van der Waals surface area contributed by atoms with Crippen molar-refractivity contribution in [3.63, 3.8) is 0 Å². The molecule has 28 heavy (non-hydrogen) atoms. The molecule has 0 spiro atoms. The Morgan fingerprint density at radius 3 is 2.89 bits per heavy atom. The average molecular weight is 391 g/mol. The number of halogens is 3. The van der Waals surface area contributed by atoms with Gasteiger partial charge < -0.3 is 9.47 Å². The van der Waals surface area contributed by atoms with Crippen LogP contribution in [0, 0.1) is 5.92 Å². The molecule has 0 saturated carbocycles. The van der Waals surface area contributed by atoms with Gasteiger partial charge in [0.2, 0.25) is 0 Å². The molecule has 148 valence electrons. The highest BCUT2D eigenvalue weighted by Gasteiger charge is 2.35. The Bertz CT molecular complexity index is 1060. The number of aromatic nitrogens is 4. The molecule has 0 amide bonds. The molecule has 0 aliphatic carbocycles. The van der Waals surface area contributed by atoms with E-state index in [0.717, 1.165) is 12.6 Å². The highest BCUT2D eigenvalue weighted by molar-refractivity contribution is 5.37. The Balaban J connectivity index is 1.43. The number of rotatable bonds is 4. The van der Waals surface area contributed by atoms with Crippen LogP contribution in [-0.2, 0) is 25.7 Å². The van der Waals surface area contributed by atoms with Gasteiger partial charge in [0.15, 0.2) is 5.69 Å². The molecule has 3 aromatic rings. The summed E-state index contributed by atoms with van der Waals surface area (Å²) in [5.41, 5.74) is 0.322. The number of alkyl halides is 3. The lowest BCUT2D eigenvalue weighted by Crippen LogP contribution is -2.32. The molecule has 1 atom stereocenters. The number of hydrogen-bond donors (Lipinski definition) is 0. The van der Waals surface area contributed by atoms with Crippen LogP contribution >= 0.6 is 0 Å². The minimum absolute atomic E-state index is 0.130. The van der Waals surface area contributed by atoms with Crippen LogP contribution in [0.1, 0.15) is 23.6 Å². The quantitative estimate of drug-likeness (QED) is 0.686. The molecule has 9 heteroatoms. The van der Waals surface area contributed by atoms with Gasteiger partial charge in [0.25, 0.3) is 5.56 Å². The predicted molar refractivity (Wildman–Crippen MR) is 96.8 cm³/mol. The van der Waals surface area contributed by atoms with Crippen LogP contribution in [0.3, 0.4) is 0 Å². The lowest BCUT2D eigenvalue weighted by atomic mass is 9.99. The van der Waals surface area contributed by atoms with Crippen LogP contribution in [0.2, 0.25) is 0 Å². The van der Waals surface area contributed by atoms with Crippen molar-refractivity contribution in [2.75, 3.05) is 13.6 Å². The Labute approximate surface area is 159 Å². The molecule has 0 radical (unpaired) electrons. The topological polar surface area (TPSA) is 55.4 Å². The number of nitrogens with zero attached hydrogens (tertiary/aromatic N) is 5. The zero-order chi connectivity index (χ0) is 19.9. The van der Waals surface area contributed by atoms with Crippen molar-refractivity contribution < 1.29 is 13.2 Å². The second kappa shape index (κ2) is 7.05. The molecule has 1 aliphatic heterocycles. The van der Waals surface area contributed by atoms with Gasteiger partial charge in [-0.3, -0.25) is 9.20 Å². The monoisotopic (exact) mass is 391 g/mol. The zero-order valence-corrected chi connectivity index (χ0v) is 15.4. The first-order chi connectivity index (χ1) is 13.3. The number of fused-ring (bicyclic) bond motifs is 2. The minimum atomic E-state index is -4.41. The van der Waals surface area contributed by atoms with Gasteiger partial charge >= 0.3 is 6.18 Å². The summed E-state index contributed by atoms with van der Waals surface area (Å²) in [6.07, 6.45) is -0.311. The molecule has 0 bridgehead atoms. The molecule has 0 unspecified atom stereocenters. The Kier molecular flexibility index (Phi) is 4.70. The van der Waals surface area contributed by atoms with E-state index in [-0.39, 0.29) is 11.5 Å². The van der Waals surface area contributed by atoms with Crippen LogP contribution in [-0.4, -0.2) is 37.4 Å². The maximum atomic E-state index is 12.8. The Morgan fingerprint density at radius 2 is 2.11 bits per heavy atom. The van der Waals surface area contributed by atoms with Gasteiger partial charge in [0.05, 0.1) is 5.69 Å². The third kappa shape index (κ3) is 3.80. The van der Waals surface area contributed by atoms with E-state index < -0.39 is 11.9 Å². The van der Waals surface area contributed by atoms with Gasteiger partial charge in [-0.05, 0) is 31.5 Å². The Hall–Kier alpha value is -2.68. The molecule has 1 aliphatic rings. The number of pyridine rings is 1. The summed E-state index contributed by atoms with van der Waals surface area (Å²) in [4.78, 5) is 22.5. The first kappa shape index (κ1) is 18.7. The summed E-state index contributed by atoms with van der Waals surface area (Å²) in [6.45, 7) is 1.72. The largest absolute Gasteiger partial charge is 0.434 e. The van der Waals surface area contributed by atoms with E-state index >= 15 is 0 Å². The average Bonchev–Trinajstić information content (AvgIpc) is 3.05. The van der Waals surface area contributed by atoms with Crippen molar-refractivity contribution >= 4 is 5.65 Å². The van der Waals surface area contributed by atoms with E-state index in [4.69, 9.17) is 0 Å². The van der Waals surface area contributed by atoms with Crippen molar-refractivity contribution in [1.82, 2.24) is 23.8 Å². The normalized spacial score (nSPS) is 17.2. The molecule has 6 nitrogen and oxygen atoms in total. The molecular weight excluding hydrogens is 371 g/mol. The van der Waals surface area contributed by atoms with Gasteiger partial charge in [-0.2, -0.15) is 13.2 Å². The first-order valence-electron chi connectivity index (χ1n) is 9.09. The van der Waals surface area contributed by atoms with Crippen LogP contribution in [0.15, 0.2) is 41.5 Å². The summed E-state index contributed by atoms with van der Waals surface area (Å²) in [5.74, 6) is 0.713. The van der Waals surface area contributed by atoms with Crippen molar-refractivity contribution in [2.24, 2.45) is 5.92 Å². The molecule has 3 aromatic heterocycles. The molecule has 0 fully saturated rings. The fourth-order valence-electron chi connectivity index (χ4n) is 3.77. The number of imidazole rings is 1. The van der Waals surface area contributed by atoms with E-state index in [1.54, 1.807) is 22.9 Å². The summed E-state index contributed by atoms with van der Waals surface area (Å²) in [7, 11) is 1.93. The fourth-order valence-corrected chi connectivity index (χ4v) is 3.77. The highest BCUT2D eigenvalue weighted by atomic mass is 19.4. The van der Waals surface area contributed by atoms with Crippen molar-refractivity contribution in [2.45, 2.75) is 32.1 Å². The van der Waals surface area contributed by atoms with Crippen LogP contribution in [0.25, 0.3) is 5.65 Å². The first-order valence-corrected chi connectivity index (χ1v) is 9.09. The SMILES string of the molecule is CN(Cc1cc(=O)n2ccccc2n1)C[C@H]1CCc2nc(C(F)(F)F)cn2C1.